The smallest absolute Gasteiger partial charge is 0.338 e. The van der Waals surface area contributed by atoms with Gasteiger partial charge in [0, 0.05) is 11.8 Å². The Morgan fingerprint density at radius 2 is 1.82 bits per heavy atom. The van der Waals surface area contributed by atoms with E-state index >= 15 is 0 Å². The molecule has 0 saturated carbocycles. The second-order valence-electron chi connectivity index (χ2n) is 4.77. The second kappa shape index (κ2) is 6.16. The maximum absolute atomic E-state index is 12.1. The van der Waals surface area contributed by atoms with Gasteiger partial charge in [-0.15, -0.1) is 0 Å². The molecule has 0 saturated heterocycles. The molecular formula is C18H14ClNO2. The normalized spacial score (nSPS) is 10.6. The van der Waals surface area contributed by atoms with Gasteiger partial charge in [0.05, 0.1) is 12.2 Å². The number of aromatic nitrogens is 1. The number of pyridine rings is 1. The van der Waals surface area contributed by atoms with Gasteiger partial charge in [-0.2, -0.15) is 0 Å². The molecule has 22 heavy (non-hydrogen) atoms. The summed E-state index contributed by atoms with van der Waals surface area (Å²) in [4.78, 5) is 16.2. The van der Waals surface area contributed by atoms with Crippen molar-refractivity contribution in [1.29, 1.82) is 0 Å². The predicted molar refractivity (Wildman–Crippen MR) is 88.1 cm³/mol. The highest BCUT2D eigenvalue weighted by Crippen LogP contribution is 2.34. The van der Waals surface area contributed by atoms with Crippen molar-refractivity contribution in [3.8, 4) is 11.1 Å². The molecule has 0 amide bonds. The minimum atomic E-state index is -0.317. The molecular weight excluding hydrogens is 298 g/mol. The highest BCUT2D eigenvalue weighted by Gasteiger charge is 2.15. The molecule has 0 fully saturated rings. The zero-order chi connectivity index (χ0) is 15.5. The van der Waals surface area contributed by atoms with Gasteiger partial charge in [-0.05, 0) is 41.5 Å². The van der Waals surface area contributed by atoms with Crippen molar-refractivity contribution < 1.29 is 9.53 Å². The van der Waals surface area contributed by atoms with Crippen LogP contribution < -0.4 is 0 Å². The van der Waals surface area contributed by atoms with Crippen LogP contribution in [0.15, 0.2) is 54.7 Å². The van der Waals surface area contributed by atoms with Gasteiger partial charge in [-0.25, -0.2) is 9.78 Å². The van der Waals surface area contributed by atoms with Crippen LogP contribution in [-0.2, 0) is 4.74 Å². The van der Waals surface area contributed by atoms with Crippen molar-refractivity contribution in [3.63, 3.8) is 0 Å². The van der Waals surface area contributed by atoms with Crippen LogP contribution in [0.1, 0.15) is 17.3 Å². The third-order valence-corrected chi connectivity index (χ3v) is 3.77. The summed E-state index contributed by atoms with van der Waals surface area (Å²) in [7, 11) is 0. The summed E-state index contributed by atoms with van der Waals surface area (Å²) in [6.45, 7) is 2.15. The number of carbonyl (C=O) groups excluding carboxylic acids is 1. The maximum atomic E-state index is 12.1. The Morgan fingerprint density at radius 1 is 1.05 bits per heavy atom. The molecule has 0 aliphatic rings. The van der Waals surface area contributed by atoms with E-state index in [-0.39, 0.29) is 5.97 Å². The fourth-order valence-electron chi connectivity index (χ4n) is 2.51. The van der Waals surface area contributed by atoms with Crippen molar-refractivity contribution in [3.05, 3.63) is 65.4 Å². The average molecular weight is 312 g/mol. The van der Waals surface area contributed by atoms with Crippen molar-refractivity contribution in [2.75, 3.05) is 6.61 Å². The predicted octanol–water partition coefficient (Wildman–Crippen LogP) is 4.73. The third-order valence-electron chi connectivity index (χ3n) is 3.47. The number of ether oxygens (including phenoxy) is 1. The lowest BCUT2D eigenvalue weighted by molar-refractivity contribution is 0.0528. The Balaban J connectivity index is 2.25. The van der Waals surface area contributed by atoms with Crippen LogP contribution in [0.4, 0.5) is 0 Å². The van der Waals surface area contributed by atoms with Crippen LogP contribution in [0, 0.1) is 0 Å². The van der Waals surface area contributed by atoms with Crippen LogP contribution in [0.5, 0.6) is 0 Å². The number of halogens is 1. The molecule has 4 heteroatoms. The maximum Gasteiger partial charge on any atom is 0.338 e. The molecule has 0 aliphatic carbocycles. The Bertz CT molecular complexity index is 845. The number of benzene rings is 2. The SMILES string of the molecule is CCOC(=O)c1ccc(-c2cccnc2Cl)c2ccccc12. The van der Waals surface area contributed by atoms with E-state index < -0.39 is 0 Å². The van der Waals surface area contributed by atoms with Gasteiger partial charge in [0.25, 0.3) is 0 Å². The summed E-state index contributed by atoms with van der Waals surface area (Å²) >= 11 is 6.21. The van der Waals surface area contributed by atoms with E-state index in [4.69, 9.17) is 16.3 Å². The highest BCUT2D eigenvalue weighted by atomic mass is 35.5. The van der Waals surface area contributed by atoms with Crippen LogP contribution in [-0.4, -0.2) is 17.6 Å². The molecule has 0 aliphatic heterocycles. The standard InChI is InChI=1S/C18H14ClNO2/c1-2-22-18(21)16-10-9-14(12-6-3-4-7-13(12)16)15-8-5-11-20-17(15)19/h3-11H,2H2,1H3. The van der Waals surface area contributed by atoms with E-state index in [1.807, 2.05) is 42.5 Å². The van der Waals surface area contributed by atoms with Crippen molar-refractivity contribution >= 4 is 28.3 Å². The molecule has 110 valence electrons. The third kappa shape index (κ3) is 2.55. The van der Waals surface area contributed by atoms with E-state index in [0.717, 1.165) is 21.9 Å². The van der Waals surface area contributed by atoms with E-state index in [1.54, 1.807) is 19.2 Å². The molecule has 1 aromatic heterocycles. The summed E-state index contributed by atoms with van der Waals surface area (Å²) in [5, 5.41) is 2.23. The van der Waals surface area contributed by atoms with Gasteiger partial charge < -0.3 is 4.74 Å². The molecule has 3 aromatic rings. The topological polar surface area (TPSA) is 39.2 Å². The number of rotatable bonds is 3. The van der Waals surface area contributed by atoms with Crippen LogP contribution in [0.3, 0.4) is 0 Å². The zero-order valence-corrected chi connectivity index (χ0v) is 12.8. The molecule has 3 rings (SSSR count). The van der Waals surface area contributed by atoms with E-state index in [1.165, 1.54) is 0 Å². The minimum absolute atomic E-state index is 0.317. The molecule has 0 radical (unpaired) electrons. The van der Waals surface area contributed by atoms with Gasteiger partial charge in [0.15, 0.2) is 0 Å². The lowest BCUT2D eigenvalue weighted by atomic mass is 9.96. The number of esters is 1. The lowest BCUT2D eigenvalue weighted by Crippen LogP contribution is -2.05. The molecule has 0 unspecified atom stereocenters. The summed E-state index contributed by atoms with van der Waals surface area (Å²) in [5.74, 6) is -0.317. The Labute approximate surface area is 133 Å². The Kier molecular flexibility index (Phi) is 4.07. The number of nitrogens with zero attached hydrogens (tertiary/aromatic N) is 1. The van der Waals surface area contributed by atoms with Crippen molar-refractivity contribution in [2.24, 2.45) is 0 Å². The van der Waals surface area contributed by atoms with Gasteiger partial charge in [-0.3, -0.25) is 0 Å². The van der Waals surface area contributed by atoms with Crippen molar-refractivity contribution in [2.45, 2.75) is 6.92 Å². The molecule has 0 atom stereocenters. The van der Waals surface area contributed by atoms with Gasteiger partial charge in [0.1, 0.15) is 5.15 Å². The average Bonchev–Trinajstić information content (AvgIpc) is 2.55. The first-order valence-electron chi connectivity index (χ1n) is 7.02. The molecule has 3 nitrogen and oxygen atoms in total. The molecule has 1 heterocycles. The van der Waals surface area contributed by atoms with E-state index in [2.05, 4.69) is 4.98 Å². The molecule has 0 bridgehead atoms. The fourth-order valence-corrected chi connectivity index (χ4v) is 2.73. The monoisotopic (exact) mass is 311 g/mol. The number of carbonyl (C=O) groups is 1. The first-order valence-corrected chi connectivity index (χ1v) is 7.40. The molecule has 0 N–H and O–H groups in total. The summed E-state index contributed by atoms with van der Waals surface area (Å²) < 4.78 is 5.13. The lowest BCUT2D eigenvalue weighted by Gasteiger charge is -2.11. The number of hydrogen-bond acceptors (Lipinski definition) is 3. The quantitative estimate of drug-likeness (QED) is 0.518. The molecule has 2 aromatic carbocycles. The Hall–Kier alpha value is -2.39. The summed E-state index contributed by atoms with van der Waals surface area (Å²) in [6.07, 6.45) is 1.65. The van der Waals surface area contributed by atoms with Crippen LogP contribution in [0.25, 0.3) is 21.9 Å². The largest absolute Gasteiger partial charge is 0.462 e. The van der Waals surface area contributed by atoms with Crippen molar-refractivity contribution in [1.82, 2.24) is 4.98 Å². The van der Waals surface area contributed by atoms with E-state index in [0.29, 0.717) is 17.3 Å². The summed E-state index contributed by atoms with van der Waals surface area (Å²) in [6, 6.07) is 15.1. The van der Waals surface area contributed by atoms with Gasteiger partial charge in [0.2, 0.25) is 0 Å². The first kappa shape index (κ1) is 14.5. The van der Waals surface area contributed by atoms with Gasteiger partial charge in [-0.1, -0.05) is 41.9 Å². The van der Waals surface area contributed by atoms with Crippen LogP contribution >= 0.6 is 11.6 Å². The minimum Gasteiger partial charge on any atom is -0.462 e. The number of hydrogen-bond donors (Lipinski definition) is 0. The zero-order valence-electron chi connectivity index (χ0n) is 12.0. The Morgan fingerprint density at radius 3 is 2.55 bits per heavy atom. The number of fused-ring (bicyclic) bond motifs is 1. The molecule has 0 spiro atoms. The van der Waals surface area contributed by atoms with Gasteiger partial charge >= 0.3 is 5.97 Å². The van der Waals surface area contributed by atoms with Crippen LogP contribution in [0.2, 0.25) is 5.15 Å². The van der Waals surface area contributed by atoms with E-state index in [9.17, 15) is 4.79 Å². The second-order valence-corrected chi connectivity index (χ2v) is 5.13. The summed E-state index contributed by atoms with van der Waals surface area (Å²) in [5.41, 5.74) is 2.35. The highest BCUT2D eigenvalue weighted by molar-refractivity contribution is 6.32. The fraction of sp³-hybridized carbons (Fsp3) is 0.111. The first-order chi connectivity index (χ1) is 10.7.